The van der Waals surface area contributed by atoms with Gasteiger partial charge in [-0.25, -0.2) is 9.97 Å². The van der Waals surface area contributed by atoms with E-state index in [2.05, 4.69) is 19.1 Å². The predicted molar refractivity (Wildman–Crippen MR) is 113 cm³/mol. The Bertz CT molecular complexity index is 817. The van der Waals surface area contributed by atoms with Gasteiger partial charge in [-0.15, -0.1) is 0 Å². The number of ether oxygens (including phenoxy) is 1. The zero-order valence-corrected chi connectivity index (χ0v) is 16.4. The van der Waals surface area contributed by atoms with E-state index in [-0.39, 0.29) is 0 Å². The number of nitrogens with zero attached hydrogens (tertiary/aromatic N) is 2. The molecule has 1 aromatic heterocycles. The summed E-state index contributed by atoms with van der Waals surface area (Å²) < 4.78 is 6.07. The first kappa shape index (κ1) is 19.3. The van der Waals surface area contributed by atoms with Crippen LogP contribution in [0.1, 0.15) is 58.3 Å². The van der Waals surface area contributed by atoms with E-state index in [0.29, 0.717) is 12.5 Å². The number of benzene rings is 2. The molecule has 0 aliphatic carbocycles. The summed E-state index contributed by atoms with van der Waals surface area (Å²) in [4.78, 5) is 9.55. The van der Waals surface area contributed by atoms with Crippen molar-refractivity contribution in [3.63, 3.8) is 0 Å². The molecule has 0 aliphatic heterocycles. The summed E-state index contributed by atoms with van der Waals surface area (Å²) in [6.07, 6.45) is 10.3. The topological polar surface area (TPSA) is 35.0 Å². The minimum Gasteiger partial charge on any atom is -0.476 e. The monoisotopic (exact) mass is 362 g/mol. The molecule has 0 N–H and O–H groups in total. The standard InChI is InChI=1S/C24H30N2O/c1-2-3-4-5-6-7-8-14-19-27-24-23(20-15-10-9-11-16-20)25-21-17-12-13-18-22(21)26-24/h9-13,15-18H,2-8,14,19H2,1H3. The third-order valence-corrected chi connectivity index (χ3v) is 4.82. The third-order valence-electron chi connectivity index (χ3n) is 4.82. The summed E-state index contributed by atoms with van der Waals surface area (Å²) in [7, 11) is 0. The minimum absolute atomic E-state index is 0.642. The minimum atomic E-state index is 0.642. The lowest BCUT2D eigenvalue weighted by molar-refractivity contribution is 0.294. The molecule has 0 aliphatic rings. The highest BCUT2D eigenvalue weighted by Crippen LogP contribution is 2.28. The smallest absolute Gasteiger partial charge is 0.241 e. The van der Waals surface area contributed by atoms with E-state index in [4.69, 9.17) is 14.7 Å². The Morgan fingerprint density at radius 1 is 0.667 bits per heavy atom. The van der Waals surface area contributed by atoms with Crippen molar-refractivity contribution in [2.24, 2.45) is 0 Å². The molecular weight excluding hydrogens is 332 g/mol. The second-order valence-electron chi connectivity index (χ2n) is 7.06. The van der Waals surface area contributed by atoms with E-state index in [1.165, 1.54) is 44.9 Å². The van der Waals surface area contributed by atoms with Gasteiger partial charge in [-0.05, 0) is 18.6 Å². The molecule has 3 nitrogen and oxygen atoms in total. The number of rotatable bonds is 11. The SMILES string of the molecule is CCCCCCCCCCOc1nc2ccccc2nc1-c1ccccc1. The van der Waals surface area contributed by atoms with E-state index in [0.717, 1.165) is 28.7 Å². The van der Waals surface area contributed by atoms with Crippen molar-refractivity contribution in [3.05, 3.63) is 54.6 Å². The van der Waals surface area contributed by atoms with E-state index >= 15 is 0 Å². The average Bonchev–Trinajstić information content (AvgIpc) is 2.72. The molecule has 27 heavy (non-hydrogen) atoms. The number of para-hydroxylation sites is 2. The highest BCUT2D eigenvalue weighted by Gasteiger charge is 2.12. The zero-order valence-electron chi connectivity index (χ0n) is 16.4. The molecule has 0 bridgehead atoms. The summed E-state index contributed by atoms with van der Waals surface area (Å²) >= 11 is 0. The molecule has 0 atom stereocenters. The van der Waals surface area contributed by atoms with Crippen LogP contribution in [0.25, 0.3) is 22.3 Å². The fourth-order valence-electron chi connectivity index (χ4n) is 3.27. The van der Waals surface area contributed by atoms with Crippen LogP contribution in [-0.4, -0.2) is 16.6 Å². The second-order valence-corrected chi connectivity index (χ2v) is 7.06. The van der Waals surface area contributed by atoms with Gasteiger partial charge < -0.3 is 4.74 Å². The Morgan fingerprint density at radius 3 is 1.96 bits per heavy atom. The van der Waals surface area contributed by atoms with Crippen LogP contribution in [-0.2, 0) is 0 Å². The molecule has 3 heteroatoms. The maximum atomic E-state index is 6.07. The summed E-state index contributed by atoms with van der Waals surface area (Å²) in [6, 6.07) is 18.1. The Hall–Kier alpha value is -2.42. The molecule has 0 spiro atoms. The van der Waals surface area contributed by atoms with Gasteiger partial charge in [0.05, 0.1) is 17.6 Å². The van der Waals surface area contributed by atoms with Gasteiger partial charge in [0.1, 0.15) is 5.69 Å². The highest BCUT2D eigenvalue weighted by molar-refractivity contribution is 5.79. The van der Waals surface area contributed by atoms with Crippen LogP contribution in [0.5, 0.6) is 5.88 Å². The lowest BCUT2D eigenvalue weighted by Crippen LogP contribution is -2.03. The van der Waals surface area contributed by atoms with Gasteiger partial charge in [0, 0.05) is 5.56 Å². The fraction of sp³-hybridized carbons (Fsp3) is 0.417. The number of hydrogen-bond donors (Lipinski definition) is 0. The lowest BCUT2D eigenvalue weighted by Gasteiger charge is -2.11. The normalized spacial score (nSPS) is 11.0. The molecular formula is C24H30N2O. The summed E-state index contributed by atoms with van der Waals surface area (Å²) in [5.41, 5.74) is 3.65. The van der Waals surface area contributed by atoms with Crippen molar-refractivity contribution in [2.75, 3.05) is 6.61 Å². The Labute approximate surface area is 162 Å². The van der Waals surface area contributed by atoms with Crippen molar-refractivity contribution in [1.82, 2.24) is 9.97 Å². The van der Waals surface area contributed by atoms with Gasteiger partial charge in [-0.2, -0.15) is 0 Å². The first-order valence-corrected chi connectivity index (χ1v) is 10.3. The zero-order chi connectivity index (χ0) is 18.7. The van der Waals surface area contributed by atoms with Crippen LogP contribution in [0, 0.1) is 0 Å². The highest BCUT2D eigenvalue weighted by atomic mass is 16.5. The molecule has 3 rings (SSSR count). The second kappa shape index (κ2) is 10.7. The fourth-order valence-corrected chi connectivity index (χ4v) is 3.27. The number of aromatic nitrogens is 2. The van der Waals surface area contributed by atoms with Gasteiger partial charge in [0.2, 0.25) is 5.88 Å². The summed E-state index contributed by atoms with van der Waals surface area (Å²) in [6.45, 7) is 2.96. The van der Waals surface area contributed by atoms with E-state index in [1.807, 2.05) is 42.5 Å². The molecule has 142 valence electrons. The van der Waals surface area contributed by atoms with Crippen LogP contribution in [0.4, 0.5) is 0 Å². The van der Waals surface area contributed by atoms with E-state index in [1.54, 1.807) is 0 Å². The van der Waals surface area contributed by atoms with E-state index < -0.39 is 0 Å². The quantitative estimate of drug-likeness (QED) is 0.351. The number of unbranched alkanes of at least 4 members (excludes halogenated alkanes) is 7. The molecule has 0 amide bonds. The Balaban J connectivity index is 1.60. The maximum absolute atomic E-state index is 6.07. The first-order valence-electron chi connectivity index (χ1n) is 10.3. The van der Waals surface area contributed by atoms with Crippen LogP contribution in [0.3, 0.4) is 0 Å². The molecule has 0 saturated heterocycles. The summed E-state index contributed by atoms with van der Waals surface area (Å²) in [5.74, 6) is 0.642. The molecule has 0 fully saturated rings. The lowest BCUT2D eigenvalue weighted by atomic mass is 10.1. The van der Waals surface area contributed by atoms with Gasteiger partial charge >= 0.3 is 0 Å². The molecule has 0 saturated carbocycles. The van der Waals surface area contributed by atoms with Gasteiger partial charge in [-0.1, -0.05) is 94.3 Å². The van der Waals surface area contributed by atoms with Gasteiger partial charge in [0.15, 0.2) is 0 Å². The molecule has 3 aromatic rings. The molecule has 0 unspecified atom stereocenters. The summed E-state index contributed by atoms with van der Waals surface area (Å²) in [5, 5.41) is 0. The molecule has 0 radical (unpaired) electrons. The van der Waals surface area contributed by atoms with Crippen LogP contribution >= 0.6 is 0 Å². The van der Waals surface area contributed by atoms with E-state index in [9.17, 15) is 0 Å². The van der Waals surface area contributed by atoms with Gasteiger partial charge in [-0.3, -0.25) is 0 Å². The maximum Gasteiger partial charge on any atom is 0.241 e. The third kappa shape index (κ3) is 5.78. The van der Waals surface area contributed by atoms with Crippen molar-refractivity contribution in [3.8, 4) is 17.1 Å². The molecule has 2 aromatic carbocycles. The number of hydrogen-bond acceptors (Lipinski definition) is 3. The van der Waals surface area contributed by atoms with Crippen LogP contribution in [0.15, 0.2) is 54.6 Å². The van der Waals surface area contributed by atoms with Crippen molar-refractivity contribution in [2.45, 2.75) is 58.3 Å². The Morgan fingerprint density at radius 2 is 1.26 bits per heavy atom. The van der Waals surface area contributed by atoms with Gasteiger partial charge in [0.25, 0.3) is 0 Å². The Kier molecular flexibility index (Phi) is 7.64. The number of fused-ring (bicyclic) bond motifs is 1. The average molecular weight is 363 g/mol. The van der Waals surface area contributed by atoms with Crippen LogP contribution in [0.2, 0.25) is 0 Å². The van der Waals surface area contributed by atoms with Crippen molar-refractivity contribution < 1.29 is 4.74 Å². The predicted octanol–water partition coefficient (Wildman–Crippen LogP) is 6.82. The molecule has 1 heterocycles. The first-order chi connectivity index (χ1) is 13.4. The van der Waals surface area contributed by atoms with Crippen molar-refractivity contribution >= 4 is 11.0 Å². The largest absolute Gasteiger partial charge is 0.476 e. The van der Waals surface area contributed by atoms with Crippen LogP contribution < -0.4 is 4.74 Å². The van der Waals surface area contributed by atoms with Crippen molar-refractivity contribution in [1.29, 1.82) is 0 Å².